The lowest BCUT2D eigenvalue weighted by Crippen LogP contribution is -2.11. The molecular weight excluding hydrogens is 258 g/mol. The molecule has 3 heteroatoms. The van der Waals surface area contributed by atoms with E-state index in [1.54, 1.807) is 18.5 Å². The maximum Gasteiger partial charge on any atom is 0.147 e. The fourth-order valence-corrected chi connectivity index (χ4v) is 1.97. The minimum Gasteiger partial charge on any atom is -0.455 e. The van der Waals surface area contributed by atoms with Crippen molar-refractivity contribution in [1.82, 2.24) is 4.98 Å². The van der Waals surface area contributed by atoms with Gasteiger partial charge in [0, 0.05) is 12.3 Å². The molecule has 19 heavy (non-hydrogen) atoms. The van der Waals surface area contributed by atoms with Gasteiger partial charge in [-0.25, -0.2) is 0 Å². The molecule has 0 amide bonds. The molecule has 0 N–H and O–H groups in total. The van der Waals surface area contributed by atoms with E-state index in [0.29, 0.717) is 10.8 Å². The van der Waals surface area contributed by atoms with E-state index in [2.05, 4.69) is 37.9 Å². The van der Waals surface area contributed by atoms with Gasteiger partial charge in [-0.05, 0) is 29.5 Å². The number of halogens is 1. The third-order valence-electron chi connectivity index (χ3n) is 2.95. The van der Waals surface area contributed by atoms with Crippen molar-refractivity contribution in [2.75, 3.05) is 0 Å². The van der Waals surface area contributed by atoms with E-state index in [4.69, 9.17) is 16.3 Å². The molecule has 100 valence electrons. The summed E-state index contributed by atoms with van der Waals surface area (Å²) in [6.07, 6.45) is 3.24. The number of benzene rings is 1. The number of aromatic nitrogens is 1. The average Bonchev–Trinajstić information content (AvgIpc) is 2.30. The van der Waals surface area contributed by atoms with Gasteiger partial charge < -0.3 is 4.74 Å². The van der Waals surface area contributed by atoms with Gasteiger partial charge in [0.2, 0.25) is 0 Å². The van der Waals surface area contributed by atoms with Gasteiger partial charge in [-0.1, -0.05) is 44.5 Å². The second-order valence-electron chi connectivity index (χ2n) is 5.67. The van der Waals surface area contributed by atoms with Crippen LogP contribution in [0, 0.1) is 6.92 Å². The maximum atomic E-state index is 5.89. The Morgan fingerprint density at radius 1 is 1.11 bits per heavy atom. The first kappa shape index (κ1) is 13.9. The zero-order chi connectivity index (χ0) is 14.0. The third-order valence-corrected chi connectivity index (χ3v) is 3.16. The van der Waals surface area contributed by atoms with Crippen LogP contribution in [0.3, 0.4) is 0 Å². The van der Waals surface area contributed by atoms with Gasteiger partial charge in [-0.15, -0.1) is 0 Å². The van der Waals surface area contributed by atoms with Gasteiger partial charge >= 0.3 is 0 Å². The van der Waals surface area contributed by atoms with Crippen LogP contribution in [0.25, 0.3) is 0 Å². The molecule has 2 aromatic rings. The molecule has 0 saturated carbocycles. The Labute approximate surface area is 119 Å². The molecule has 2 rings (SSSR count). The predicted molar refractivity (Wildman–Crippen MR) is 79.2 cm³/mol. The molecule has 0 unspecified atom stereocenters. The summed E-state index contributed by atoms with van der Waals surface area (Å²) < 4.78 is 5.81. The number of hydrogen-bond donors (Lipinski definition) is 0. The molecule has 0 aliphatic rings. The van der Waals surface area contributed by atoms with E-state index in [1.807, 2.05) is 13.0 Å². The first-order chi connectivity index (χ1) is 8.86. The van der Waals surface area contributed by atoms with E-state index in [9.17, 15) is 0 Å². The number of nitrogens with zero attached hydrogens (tertiary/aromatic N) is 1. The van der Waals surface area contributed by atoms with E-state index in [-0.39, 0.29) is 5.41 Å². The lowest BCUT2D eigenvalue weighted by molar-refractivity contribution is 0.475. The van der Waals surface area contributed by atoms with Crippen molar-refractivity contribution in [2.45, 2.75) is 33.1 Å². The summed E-state index contributed by atoms with van der Waals surface area (Å²) in [5.74, 6) is 1.48. The van der Waals surface area contributed by atoms with Gasteiger partial charge in [0.1, 0.15) is 11.5 Å². The van der Waals surface area contributed by atoms with Crippen molar-refractivity contribution in [2.24, 2.45) is 0 Å². The van der Waals surface area contributed by atoms with Crippen molar-refractivity contribution in [3.05, 3.63) is 52.8 Å². The minimum absolute atomic E-state index is 0.140. The van der Waals surface area contributed by atoms with E-state index >= 15 is 0 Å². The zero-order valence-corrected chi connectivity index (χ0v) is 12.5. The Bertz CT molecular complexity index is 588. The van der Waals surface area contributed by atoms with Crippen LogP contribution < -0.4 is 4.74 Å². The van der Waals surface area contributed by atoms with Gasteiger partial charge in [0.15, 0.2) is 0 Å². The smallest absolute Gasteiger partial charge is 0.147 e. The summed E-state index contributed by atoms with van der Waals surface area (Å²) >= 11 is 5.89. The highest BCUT2D eigenvalue weighted by Crippen LogP contribution is 2.30. The van der Waals surface area contributed by atoms with Gasteiger partial charge in [0.25, 0.3) is 0 Å². The Hall–Kier alpha value is -1.54. The summed E-state index contributed by atoms with van der Waals surface area (Å²) in [4.78, 5) is 4.01. The molecular formula is C16H18ClNO. The lowest BCUT2D eigenvalue weighted by atomic mass is 9.86. The molecule has 0 saturated heterocycles. The normalized spacial score (nSPS) is 11.4. The fraction of sp³-hybridized carbons (Fsp3) is 0.312. The summed E-state index contributed by atoms with van der Waals surface area (Å²) in [6, 6.07) is 8.01. The highest BCUT2D eigenvalue weighted by molar-refractivity contribution is 6.30. The SMILES string of the molecule is Cc1cc(C(C)(C)C)ccc1Oc1cncc(Cl)c1. The zero-order valence-electron chi connectivity index (χ0n) is 11.7. The van der Waals surface area contributed by atoms with Gasteiger partial charge in [-0.3, -0.25) is 4.98 Å². The summed E-state index contributed by atoms with van der Waals surface area (Å²) in [7, 11) is 0. The molecule has 0 fully saturated rings. The predicted octanol–water partition coefficient (Wildman–Crippen LogP) is 5.13. The van der Waals surface area contributed by atoms with Crippen LogP contribution in [0.15, 0.2) is 36.7 Å². The first-order valence-electron chi connectivity index (χ1n) is 6.26. The van der Waals surface area contributed by atoms with Crippen molar-refractivity contribution in [3.8, 4) is 11.5 Å². The van der Waals surface area contributed by atoms with Crippen LogP contribution in [-0.2, 0) is 5.41 Å². The fourth-order valence-electron chi connectivity index (χ4n) is 1.81. The monoisotopic (exact) mass is 275 g/mol. The van der Waals surface area contributed by atoms with E-state index < -0.39 is 0 Å². The van der Waals surface area contributed by atoms with Crippen LogP contribution in [0.5, 0.6) is 11.5 Å². The topological polar surface area (TPSA) is 22.1 Å². The molecule has 0 spiro atoms. The number of pyridine rings is 1. The average molecular weight is 276 g/mol. The number of aryl methyl sites for hydroxylation is 1. The summed E-state index contributed by atoms with van der Waals surface area (Å²) in [5, 5.41) is 0.571. The van der Waals surface area contributed by atoms with Crippen LogP contribution >= 0.6 is 11.6 Å². The number of ether oxygens (including phenoxy) is 1. The van der Waals surface area contributed by atoms with Crippen LogP contribution in [-0.4, -0.2) is 4.98 Å². The second kappa shape index (κ2) is 5.22. The molecule has 0 aliphatic heterocycles. The molecule has 1 aromatic heterocycles. The van der Waals surface area contributed by atoms with Crippen molar-refractivity contribution >= 4 is 11.6 Å². The Balaban J connectivity index is 2.27. The van der Waals surface area contributed by atoms with E-state index in [0.717, 1.165) is 11.3 Å². The molecule has 0 bridgehead atoms. The van der Waals surface area contributed by atoms with Crippen molar-refractivity contribution < 1.29 is 4.74 Å². The summed E-state index contributed by atoms with van der Waals surface area (Å²) in [6.45, 7) is 8.64. The number of hydrogen-bond acceptors (Lipinski definition) is 2. The molecule has 0 aliphatic carbocycles. The van der Waals surface area contributed by atoms with Crippen molar-refractivity contribution in [1.29, 1.82) is 0 Å². The van der Waals surface area contributed by atoms with Gasteiger partial charge in [-0.2, -0.15) is 0 Å². The second-order valence-corrected chi connectivity index (χ2v) is 6.11. The molecule has 0 radical (unpaired) electrons. The van der Waals surface area contributed by atoms with Crippen LogP contribution in [0.1, 0.15) is 31.9 Å². The molecule has 2 nitrogen and oxygen atoms in total. The standard InChI is InChI=1S/C16H18ClNO/c1-11-7-12(16(2,3)4)5-6-15(11)19-14-8-13(17)9-18-10-14/h5-10H,1-4H3. The molecule has 1 aromatic carbocycles. The van der Waals surface area contributed by atoms with Gasteiger partial charge in [0.05, 0.1) is 11.2 Å². The quantitative estimate of drug-likeness (QED) is 0.758. The summed E-state index contributed by atoms with van der Waals surface area (Å²) in [5.41, 5.74) is 2.54. The molecule has 1 heterocycles. The Morgan fingerprint density at radius 3 is 2.42 bits per heavy atom. The van der Waals surface area contributed by atoms with E-state index in [1.165, 1.54) is 5.56 Å². The maximum absolute atomic E-state index is 5.89. The lowest BCUT2D eigenvalue weighted by Gasteiger charge is -2.20. The first-order valence-corrected chi connectivity index (χ1v) is 6.63. The van der Waals surface area contributed by atoms with Crippen LogP contribution in [0.2, 0.25) is 5.02 Å². The number of rotatable bonds is 2. The highest BCUT2D eigenvalue weighted by atomic mass is 35.5. The van der Waals surface area contributed by atoms with Crippen molar-refractivity contribution in [3.63, 3.8) is 0 Å². The Kier molecular flexibility index (Phi) is 3.81. The Morgan fingerprint density at radius 2 is 1.84 bits per heavy atom. The third kappa shape index (κ3) is 3.48. The largest absolute Gasteiger partial charge is 0.455 e. The molecule has 0 atom stereocenters. The van der Waals surface area contributed by atoms with Crippen LogP contribution in [0.4, 0.5) is 0 Å². The minimum atomic E-state index is 0.140. The highest BCUT2D eigenvalue weighted by Gasteiger charge is 2.15.